The topological polar surface area (TPSA) is 64.0 Å². The summed E-state index contributed by atoms with van der Waals surface area (Å²) in [6.07, 6.45) is -0.0979. The van der Waals surface area contributed by atoms with Crippen molar-refractivity contribution < 1.29 is 9.59 Å². The monoisotopic (exact) mass is 245 g/mol. The number of carbonyl (C=O) groups excluding carboxylic acids is 2. The van der Waals surface area contributed by atoms with E-state index in [4.69, 9.17) is 0 Å². The van der Waals surface area contributed by atoms with Crippen molar-refractivity contribution in [2.24, 2.45) is 7.05 Å². The molecule has 1 heterocycles. The summed E-state index contributed by atoms with van der Waals surface area (Å²) >= 11 is 0. The van der Waals surface area contributed by atoms with E-state index in [0.717, 1.165) is 16.9 Å². The Morgan fingerprint density at radius 3 is 2.78 bits per heavy atom. The van der Waals surface area contributed by atoms with Crippen molar-refractivity contribution in [1.29, 1.82) is 0 Å². The molecule has 18 heavy (non-hydrogen) atoms. The lowest BCUT2D eigenvalue weighted by atomic mass is 10.2. The predicted molar refractivity (Wildman–Crippen MR) is 69.4 cm³/mol. The second kappa shape index (κ2) is 4.60. The zero-order valence-electron chi connectivity index (χ0n) is 10.7. The van der Waals surface area contributed by atoms with Gasteiger partial charge in [0.2, 0.25) is 5.91 Å². The number of hydrogen-bond donors (Lipinski definition) is 1. The van der Waals surface area contributed by atoms with Gasteiger partial charge in [-0.15, -0.1) is 0 Å². The summed E-state index contributed by atoms with van der Waals surface area (Å²) in [5.41, 5.74) is 2.50. The SMILES string of the molecule is CC(=O)CC(=O)Nc1ccc2c(c1)nc(C)n2C. The molecule has 0 saturated carbocycles. The molecule has 0 aliphatic carbocycles. The summed E-state index contributed by atoms with van der Waals surface area (Å²) in [5, 5.41) is 2.69. The Hall–Kier alpha value is -2.17. The number of nitrogens with zero attached hydrogens (tertiary/aromatic N) is 2. The van der Waals surface area contributed by atoms with E-state index in [1.807, 2.05) is 30.7 Å². The Kier molecular flexibility index (Phi) is 3.14. The zero-order valence-corrected chi connectivity index (χ0v) is 10.7. The van der Waals surface area contributed by atoms with E-state index in [-0.39, 0.29) is 18.1 Å². The van der Waals surface area contributed by atoms with Crippen LogP contribution in [-0.4, -0.2) is 21.2 Å². The van der Waals surface area contributed by atoms with Crippen LogP contribution in [0.5, 0.6) is 0 Å². The number of carbonyl (C=O) groups is 2. The number of benzene rings is 1. The first-order valence-corrected chi connectivity index (χ1v) is 5.70. The van der Waals surface area contributed by atoms with Crippen LogP contribution >= 0.6 is 0 Å². The summed E-state index contributed by atoms with van der Waals surface area (Å²) < 4.78 is 1.98. The molecule has 0 atom stereocenters. The molecule has 0 fully saturated rings. The second-order valence-corrected chi connectivity index (χ2v) is 4.35. The quantitative estimate of drug-likeness (QED) is 0.838. The molecule has 2 aromatic rings. The molecule has 0 unspecified atom stereocenters. The molecule has 0 saturated heterocycles. The summed E-state index contributed by atoms with van der Waals surface area (Å²) in [5.74, 6) is 0.467. The van der Waals surface area contributed by atoms with E-state index in [1.54, 1.807) is 6.07 Å². The minimum atomic E-state index is -0.297. The summed E-state index contributed by atoms with van der Waals surface area (Å²) in [6, 6.07) is 5.51. The van der Waals surface area contributed by atoms with Gasteiger partial charge < -0.3 is 9.88 Å². The van der Waals surface area contributed by atoms with Crippen molar-refractivity contribution in [2.75, 3.05) is 5.32 Å². The molecule has 5 heteroatoms. The lowest BCUT2D eigenvalue weighted by Crippen LogP contribution is -2.14. The van der Waals surface area contributed by atoms with Crippen molar-refractivity contribution >= 4 is 28.4 Å². The molecule has 1 aromatic carbocycles. The van der Waals surface area contributed by atoms with Crippen molar-refractivity contribution in [3.8, 4) is 0 Å². The van der Waals surface area contributed by atoms with E-state index < -0.39 is 0 Å². The average molecular weight is 245 g/mol. The van der Waals surface area contributed by atoms with Gasteiger partial charge in [-0.1, -0.05) is 0 Å². The van der Waals surface area contributed by atoms with Gasteiger partial charge in [0.05, 0.1) is 17.5 Å². The molecule has 94 valence electrons. The Balaban J connectivity index is 2.25. The van der Waals surface area contributed by atoms with Crippen LogP contribution in [0.4, 0.5) is 5.69 Å². The molecule has 2 rings (SSSR count). The van der Waals surface area contributed by atoms with Gasteiger partial charge in [0.25, 0.3) is 0 Å². The first kappa shape index (κ1) is 12.3. The highest BCUT2D eigenvalue weighted by Gasteiger charge is 2.08. The third kappa shape index (κ3) is 2.40. The van der Waals surface area contributed by atoms with Gasteiger partial charge in [0, 0.05) is 12.7 Å². The van der Waals surface area contributed by atoms with Crippen molar-refractivity contribution in [2.45, 2.75) is 20.3 Å². The van der Waals surface area contributed by atoms with Crippen LogP contribution in [-0.2, 0) is 16.6 Å². The van der Waals surface area contributed by atoms with Crippen LogP contribution in [0.25, 0.3) is 11.0 Å². The van der Waals surface area contributed by atoms with Crippen LogP contribution in [0.15, 0.2) is 18.2 Å². The normalized spacial score (nSPS) is 10.6. The van der Waals surface area contributed by atoms with E-state index in [9.17, 15) is 9.59 Å². The number of anilines is 1. The number of hydrogen-bond acceptors (Lipinski definition) is 3. The molecule has 0 aliphatic rings. The maximum Gasteiger partial charge on any atom is 0.231 e. The lowest BCUT2D eigenvalue weighted by molar-refractivity contribution is -0.124. The Morgan fingerprint density at radius 1 is 1.39 bits per heavy atom. The number of amides is 1. The fraction of sp³-hybridized carbons (Fsp3) is 0.308. The van der Waals surface area contributed by atoms with Crippen LogP contribution in [0, 0.1) is 6.92 Å². The fourth-order valence-electron chi connectivity index (χ4n) is 1.83. The minimum Gasteiger partial charge on any atom is -0.331 e. The first-order valence-electron chi connectivity index (χ1n) is 5.70. The van der Waals surface area contributed by atoms with Gasteiger partial charge in [0.1, 0.15) is 11.6 Å². The van der Waals surface area contributed by atoms with Gasteiger partial charge in [-0.3, -0.25) is 9.59 Å². The molecule has 0 bridgehead atoms. The third-order valence-corrected chi connectivity index (χ3v) is 2.80. The van der Waals surface area contributed by atoms with Crippen molar-refractivity contribution in [3.05, 3.63) is 24.0 Å². The smallest absolute Gasteiger partial charge is 0.231 e. The van der Waals surface area contributed by atoms with E-state index in [1.165, 1.54) is 6.92 Å². The van der Waals surface area contributed by atoms with Gasteiger partial charge in [-0.2, -0.15) is 0 Å². The number of Topliss-reactive ketones (excluding diaryl/α,β-unsaturated/α-hetero) is 1. The second-order valence-electron chi connectivity index (χ2n) is 4.35. The third-order valence-electron chi connectivity index (χ3n) is 2.80. The molecule has 1 aromatic heterocycles. The average Bonchev–Trinajstić information content (AvgIpc) is 2.53. The van der Waals surface area contributed by atoms with Gasteiger partial charge in [0.15, 0.2) is 0 Å². The molecule has 1 amide bonds. The molecule has 0 aliphatic heterocycles. The number of rotatable bonds is 3. The lowest BCUT2D eigenvalue weighted by Gasteiger charge is -2.04. The van der Waals surface area contributed by atoms with Crippen LogP contribution in [0.2, 0.25) is 0 Å². The number of ketones is 1. The number of aryl methyl sites for hydroxylation is 2. The Labute approximate surface area is 105 Å². The van der Waals surface area contributed by atoms with Gasteiger partial charge in [-0.05, 0) is 32.0 Å². The largest absolute Gasteiger partial charge is 0.331 e. The summed E-state index contributed by atoms with van der Waals surface area (Å²) in [6.45, 7) is 3.32. The van der Waals surface area contributed by atoms with E-state index in [0.29, 0.717) is 5.69 Å². The van der Waals surface area contributed by atoms with Gasteiger partial charge in [-0.25, -0.2) is 4.98 Å². The van der Waals surface area contributed by atoms with Crippen molar-refractivity contribution in [1.82, 2.24) is 9.55 Å². The molecule has 1 N–H and O–H groups in total. The van der Waals surface area contributed by atoms with Crippen LogP contribution < -0.4 is 5.32 Å². The van der Waals surface area contributed by atoms with E-state index in [2.05, 4.69) is 10.3 Å². The van der Waals surface area contributed by atoms with Crippen LogP contribution in [0.3, 0.4) is 0 Å². The number of imidazole rings is 1. The Morgan fingerprint density at radius 2 is 2.11 bits per heavy atom. The summed E-state index contributed by atoms with van der Waals surface area (Å²) in [7, 11) is 1.94. The number of aromatic nitrogens is 2. The molecule has 0 spiro atoms. The number of fused-ring (bicyclic) bond motifs is 1. The number of nitrogens with one attached hydrogen (secondary N) is 1. The maximum absolute atomic E-state index is 11.5. The van der Waals surface area contributed by atoms with Crippen molar-refractivity contribution in [3.63, 3.8) is 0 Å². The Bertz CT molecular complexity index is 628. The van der Waals surface area contributed by atoms with Crippen LogP contribution in [0.1, 0.15) is 19.2 Å². The molecule has 5 nitrogen and oxygen atoms in total. The molecular formula is C13H15N3O2. The molecular weight excluding hydrogens is 230 g/mol. The zero-order chi connectivity index (χ0) is 13.3. The van der Waals surface area contributed by atoms with Gasteiger partial charge >= 0.3 is 0 Å². The minimum absolute atomic E-state index is 0.0979. The summed E-state index contributed by atoms with van der Waals surface area (Å²) in [4.78, 5) is 26.7. The standard InChI is InChI=1S/C13H15N3O2/c1-8(17)6-13(18)15-10-4-5-12-11(7-10)14-9(2)16(12)3/h4-5,7H,6H2,1-3H3,(H,15,18). The molecule has 0 radical (unpaired) electrons. The first-order chi connectivity index (χ1) is 8.47. The van der Waals surface area contributed by atoms with E-state index >= 15 is 0 Å². The fourth-order valence-corrected chi connectivity index (χ4v) is 1.83. The highest BCUT2D eigenvalue weighted by Crippen LogP contribution is 2.19. The predicted octanol–water partition coefficient (Wildman–Crippen LogP) is 1.80. The highest BCUT2D eigenvalue weighted by molar-refractivity contribution is 6.04. The highest BCUT2D eigenvalue weighted by atomic mass is 16.2. The maximum atomic E-state index is 11.5.